The van der Waals surface area contributed by atoms with Crippen molar-refractivity contribution in [1.82, 2.24) is 18.3 Å². The van der Waals surface area contributed by atoms with Crippen LogP contribution in [-0.2, 0) is 0 Å². The third-order valence-corrected chi connectivity index (χ3v) is 16.5. The van der Waals surface area contributed by atoms with E-state index in [1.165, 1.54) is 0 Å². The minimum atomic E-state index is 0.260. The number of nitrogens with zero attached hydrogens (tertiary/aromatic N) is 6. The van der Waals surface area contributed by atoms with E-state index in [0.29, 0.717) is 68.4 Å². The number of para-hydroxylation sites is 1. The summed E-state index contributed by atoms with van der Waals surface area (Å²) in [5.41, 5.74) is 10.7. The first-order valence-electron chi connectivity index (χ1n) is 26.6. The highest BCUT2D eigenvalue weighted by molar-refractivity contribution is 6.23. The van der Waals surface area contributed by atoms with Crippen molar-refractivity contribution < 1.29 is 32.8 Å². The highest BCUT2D eigenvalue weighted by atomic mass is 16.5. The second-order valence-electron chi connectivity index (χ2n) is 20.5. The van der Waals surface area contributed by atoms with E-state index in [1.807, 2.05) is 127 Å². The van der Waals surface area contributed by atoms with Crippen LogP contribution in [-0.4, -0.2) is 60.9 Å². The molecular weight excluding hydrogens is 1020 g/mol. The molecule has 396 valence electrons. The molecule has 10 aromatic carbocycles. The first kappa shape index (κ1) is 48.1. The molecule has 15 rings (SSSR count). The normalized spacial score (nSPS) is 11.8. The summed E-state index contributed by atoms with van der Waals surface area (Å²) in [5.74, 6) is 3.86. The monoisotopic (exact) mass is 1070 g/mol. The number of hydrogen-bond acceptors (Lipinski definition) is 9. The number of furan rings is 1. The van der Waals surface area contributed by atoms with Crippen LogP contribution in [0, 0.1) is 29.6 Å². The van der Waals surface area contributed by atoms with Gasteiger partial charge in [-0.15, -0.1) is 0 Å². The summed E-state index contributed by atoms with van der Waals surface area (Å²) >= 11 is 0. The van der Waals surface area contributed by atoms with Gasteiger partial charge < -0.3 is 51.1 Å². The molecule has 0 saturated carbocycles. The van der Waals surface area contributed by atoms with Crippen LogP contribution in [0.5, 0.6) is 34.5 Å². The van der Waals surface area contributed by atoms with Crippen LogP contribution < -0.4 is 28.4 Å². The van der Waals surface area contributed by atoms with E-state index in [4.69, 9.17) is 32.8 Å². The summed E-state index contributed by atoms with van der Waals surface area (Å²) in [6, 6.07) is 60.2. The van der Waals surface area contributed by atoms with Crippen LogP contribution in [0.4, 0.5) is 0 Å². The Morgan fingerprint density at radius 3 is 1.01 bits per heavy atom. The summed E-state index contributed by atoms with van der Waals surface area (Å²) in [6.07, 6.45) is 0. The fourth-order valence-corrected chi connectivity index (χ4v) is 12.8. The van der Waals surface area contributed by atoms with Gasteiger partial charge in [-0.1, -0.05) is 35.9 Å². The van der Waals surface area contributed by atoms with Crippen molar-refractivity contribution in [3.05, 3.63) is 180 Å². The first-order chi connectivity index (χ1) is 40.2. The summed E-state index contributed by atoms with van der Waals surface area (Å²) in [6.45, 7) is 2.08. The number of aromatic nitrogens is 4. The van der Waals surface area contributed by atoms with Crippen molar-refractivity contribution in [2.75, 3.05) is 42.7 Å². The van der Waals surface area contributed by atoms with Gasteiger partial charge in [0, 0.05) is 53.9 Å². The predicted molar refractivity (Wildman–Crippen MR) is 325 cm³/mol. The zero-order chi connectivity index (χ0) is 55.8. The average Bonchev–Trinajstić information content (AvgIpc) is 2.63. The number of rotatable bonds is 10. The molecule has 0 unspecified atom stereocenters. The van der Waals surface area contributed by atoms with Crippen LogP contribution in [0.3, 0.4) is 0 Å². The number of nitriles is 2. The molecule has 0 fully saturated rings. The van der Waals surface area contributed by atoms with Gasteiger partial charge in [-0.05, 0) is 140 Å². The second-order valence-corrected chi connectivity index (χ2v) is 20.5. The zero-order valence-corrected chi connectivity index (χ0v) is 45.6. The quantitative estimate of drug-likeness (QED) is 0.131. The molecule has 0 N–H and O–H groups in total. The van der Waals surface area contributed by atoms with Gasteiger partial charge in [-0.3, -0.25) is 0 Å². The van der Waals surface area contributed by atoms with E-state index in [9.17, 15) is 10.5 Å². The smallest absolute Gasteiger partial charge is 0.160 e. The molecule has 0 saturated heterocycles. The van der Waals surface area contributed by atoms with Crippen molar-refractivity contribution >= 4 is 109 Å². The minimum absolute atomic E-state index is 0.260. The van der Waals surface area contributed by atoms with Gasteiger partial charge in [0.15, 0.2) is 5.58 Å². The van der Waals surface area contributed by atoms with E-state index in [-0.39, 0.29) is 11.1 Å². The third kappa shape index (κ3) is 6.59. The van der Waals surface area contributed by atoms with E-state index in [1.54, 1.807) is 42.7 Å². The van der Waals surface area contributed by atoms with Gasteiger partial charge in [0.05, 0.1) is 110 Å². The number of hydrogen-bond donors (Lipinski definition) is 0. The van der Waals surface area contributed by atoms with Gasteiger partial charge in [0.2, 0.25) is 0 Å². The number of benzene rings is 10. The maximum absolute atomic E-state index is 12.9. The Bertz CT molecular complexity index is 5180. The van der Waals surface area contributed by atoms with E-state index in [2.05, 4.69) is 73.7 Å². The van der Waals surface area contributed by atoms with E-state index in [0.717, 1.165) is 104 Å². The van der Waals surface area contributed by atoms with Crippen LogP contribution in [0.15, 0.2) is 168 Å². The Kier molecular flexibility index (Phi) is 10.6. The van der Waals surface area contributed by atoms with Gasteiger partial charge in [-0.2, -0.15) is 10.5 Å². The number of aryl methyl sites for hydroxylation is 1. The molecule has 13 nitrogen and oxygen atoms in total. The Labute approximate surface area is 468 Å². The fourth-order valence-electron chi connectivity index (χ4n) is 12.8. The number of ether oxygens (including phenoxy) is 6. The molecule has 0 radical (unpaired) electrons. The molecular formula is C69H48N6O7. The lowest BCUT2D eigenvalue weighted by molar-refractivity contribution is 0.415. The van der Waals surface area contributed by atoms with E-state index < -0.39 is 0 Å². The van der Waals surface area contributed by atoms with Gasteiger partial charge in [0.25, 0.3) is 0 Å². The molecule has 15 aromatic rings. The van der Waals surface area contributed by atoms with Crippen molar-refractivity contribution in [3.8, 4) is 69.4 Å². The van der Waals surface area contributed by atoms with Gasteiger partial charge >= 0.3 is 0 Å². The van der Waals surface area contributed by atoms with Crippen molar-refractivity contribution in [2.24, 2.45) is 0 Å². The van der Waals surface area contributed by atoms with Crippen LogP contribution in [0.2, 0.25) is 0 Å². The van der Waals surface area contributed by atoms with Crippen LogP contribution >= 0.6 is 0 Å². The minimum Gasteiger partial charge on any atom is -0.497 e. The summed E-state index contributed by atoms with van der Waals surface area (Å²) in [7, 11) is 9.89. The Hall–Kier alpha value is -11.0. The maximum atomic E-state index is 12.9. The Morgan fingerprint density at radius 1 is 0.329 bits per heavy atom. The lowest BCUT2D eigenvalue weighted by Crippen LogP contribution is -2.16. The molecule has 0 spiro atoms. The number of methoxy groups -OCH3 is 6. The van der Waals surface area contributed by atoms with Crippen molar-refractivity contribution in [2.45, 2.75) is 6.92 Å². The molecule has 0 aliphatic heterocycles. The maximum Gasteiger partial charge on any atom is 0.160 e. The van der Waals surface area contributed by atoms with Crippen molar-refractivity contribution in [1.29, 1.82) is 10.5 Å². The highest BCUT2D eigenvalue weighted by Gasteiger charge is 2.36. The Balaban J connectivity index is 1.28. The molecule has 0 atom stereocenters. The third-order valence-electron chi connectivity index (χ3n) is 16.5. The molecule has 5 heterocycles. The molecule has 0 amide bonds. The first-order valence-corrected chi connectivity index (χ1v) is 26.6. The molecule has 82 heavy (non-hydrogen) atoms. The van der Waals surface area contributed by atoms with Crippen molar-refractivity contribution in [3.63, 3.8) is 0 Å². The van der Waals surface area contributed by atoms with E-state index >= 15 is 0 Å². The lowest BCUT2D eigenvalue weighted by atomic mass is 9.98. The summed E-state index contributed by atoms with van der Waals surface area (Å²) in [5, 5.41) is 34.6. The summed E-state index contributed by atoms with van der Waals surface area (Å²) in [4.78, 5) is 0. The predicted octanol–water partition coefficient (Wildman–Crippen LogP) is 16.1. The highest BCUT2D eigenvalue weighted by Crippen LogP contribution is 2.51. The fraction of sp³-hybridized carbons (Fsp3) is 0.101. The number of fused-ring (bicyclic) bond motifs is 16. The van der Waals surface area contributed by atoms with Gasteiger partial charge in [0.1, 0.15) is 63.3 Å². The topological polar surface area (TPSA) is 136 Å². The van der Waals surface area contributed by atoms with Gasteiger partial charge in [-0.25, -0.2) is 0 Å². The lowest BCUT2D eigenvalue weighted by Gasteiger charge is -2.27. The largest absolute Gasteiger partial charge is 0.497 e. The SMILES string of the molecule is COc1ccc2c(c1)c1cc(OC)ccc1n2-c1c(C#N)c(-n2c3ccc(OC)cc3c3cc(OC)ccc32)c(-n2c3ccc(C)cc3c3ccc4c5ccccc5oc4c32)c(C#N)c1-n1c2ccc(OC)cc2c2cc(OC)ccc21. The molecule has 0 aliphatic carbocycles. The second kappa shape index (κ2) is 18.0. The standard InChI is InChI=1S/C69H48N6O7/c1-37-12-21-62-47(28-37)45-19-20-46-44-10-8-9-11-63(44)82-69(46)68(45)75(62)67-55(36-71)65(73-58-24-15-40(78-4)31-50(58)51-32-41(79-5)16-25-59(51)73)64(72-56-22-13-38(76-2)29-48(56)49-30-39(77-3)14-23-57(49)72)54(35-70)66(67)74-60-26-17-42(80-6)33-52(60)53-34-43(81-7)18-27-61(53)74/h8-34H,1-7H3. The molecule has 0 aliphatic rings. The zero-order valence-electron chi connectivity index (χ0n) is 45.6. The molecule has 13 heteroatoms. The Morgan fingerprint density at radius 2 is 0.646 bits per heavy atom. The van der Waals surface area contributed by atoms with Crippen LogP contribution in [0.25, 0.3) is 132 Å². The summed E-state index contributed by atoms with van der Waals surface area (Å²) < 4.78 is 51.2. The average molecular weight is 1070 g/mol. The van der Waals surface area contributed by atoms with Crippen LogP contribution in [0.1, 0.15) is 16.7 Å². The molecule has 5 aromatic heterocycles. The molecule has 0 bridgehead atoms.